The Hall–Kier alpha value is -3.35. The van der Waals surface area contributed by atoms with Crippen molar-refractivity contribution in [1.29, 1.82) is 0 Å². The lowest BCUT2D eigenvalue weighted by Gasteiger charge is -2.46. The van der Waals surface area contributed by atoms with Gasteiger partial charge in [0.1, 0.15) is 11.5 Å². The van der Waals surface area contributed by atoms with Gasteiger partial charge in [0.25, 0.3) is 11.8 Å². The first-order chi connectivity index (χ1) is 17.5. The van der Waals surface area contributed by atoms with Gasteiger partial charge in [-0.1, -0.05) is 54.1 Å². The van der Waals surface area contributed by atoms with Gasteiger partial charge in [-0.25, -0.2) is 0 Å². The summed E-state index contributed by atoms with van der Waals surface area (Å²) in [5.41, 5.74) is 1.71. The van der Waals surface area contributed by atoms with Crippen molar-refractivity contribution in [3.8, 4) is 11.5 Å². The lowest BCUT2D eigenvalue weighted by atomic mass is 9.79. The molecule has 0 aliphatic carbocycles. The molecule has 194 valence electrons. The third-order valence-electron chi connectivity index (χ3n) is 6.37. The number of carbonyl (C=O) groups excluding carboxylic acids is 2. The van der Waals surface area contributed by atoms with Gasteiger partial charge in [-0.2, -0.15) is 0 Å². The summed E-state index contributed by atoms with van der Waals surface area (Å²) in [6, 6.07) is 21.7. The van der Waals surface area contributed by atoms with Gasteiger partial charge in [0.2, 0.25) is 0 Å². The van der Waals surface area contributed by atoms with E-state index < -0.39 is 0 Å². The van der Waals surface area contributed by atoms with Gasteiger partial charge in [-0.3, -0.25) is 9.59 Å². The fraction of sp³-hybridized carbons (Fsp3) is 0.333. The molecule has 1 aliphatic heterocycles. The van der Waals surface area contributed by atoms with Crippen LogP contribution in [0.1, 0.15) is 66.8 Å². The average molecular weight is 520 g/mol. The van der Waals surface area contributed by atoms with Crippen molar-refractivity contribution in [2.24, 2.45) is 0 Å². The van der Waals surface area contributed by atoms with Crippen LogP contribution in [-0.2, 0) is 6.54 Å². The number of ether oxygens (including phenoxy) is 1. The van der Waals surface area contributed by atoms with Crippen molar-refractivity contribution < 1.29 is 14.3 Å². The van der Waals surface area contributed by atoms with Crippen LogP contribution in [0.5, 0.6) is 11.5 Å². The lowest BCUT2D eigenvalue weighted by molar-refractivity contribution is 0.0872. The van der Waals surface area contributed by atoms with Crippen molar-refractivity contribution >= 4 is 23.4 Å². The van der Waals surface area contributed by atoms with Crippen LogP contribution < -0.4 is 20.7 Å². The summed E-state index contributed by atoms with van der Waals surface area (Å²) in [5, 5.41) is 10.00. The average Bonchev–Trinajstić information content (AvgIpc) is 2.82. The number of rotatable bonds is 7. The number of halogens is 1. The highest BCUT2D eigenvalue weighted by Crippen LogP contribution is 2.33. The molecule has 0 atom stereocenters. The molecule has 1 saturated heterocycles. The summed E-state index contributed by atoms with van der Waals surface area (Å²) in [7, 11) is 0. The summed E-state index contributed by atoms with van der Waals surface area (Å²) in [6.45, 7) is 9.00. The number of carbonyl (C=O) groups is 2. The first kappa shape index (κ1) is 26.7. The molecule has 4 rings (SSSR count). The maximum Gasteiger partial charge on any atom is 0.255 e. The Kier molecular flexibility index (Phi) is 7.90. The molecule has 37 heavy (non-hydrogen) atoms. The zero-order valence-corrected chi connectivity index (χ0v) is 22.5. The largest absolute Gasteiger partial charge is 0.455 e. The Morgan fingerprint density at radius 1 is 0.892 bits per heavy atom. The molecule has 6 nitrogen and oxygen atoms in total. The van der Waals surface area contributed by atoms with Crippen molar-refractivity contribution in [2.45, 2.75) is 64.2 Å². The molecular formula is C30H34ClN3O3. The highest BCUT2D eigenvalue weighted by Gasteiger charge is 2.38. The van der Waals surface area contributed by atoms with Crippen LogP contribution in [0.25, 0.3) is 0 Å². The molecule has 0 radical (unpaired) electrons. The molecule has 3 aromatic carbocycles. The van der Waals surface area contributed by atoms with Gasteiger partial charge in [0.05, 0.1) is 10.6 Å². The Balaban J connectivity index is 1.43. The number of piperidine rings is 1. The van der Waals surface area contributed by atoms with Gasteiger partial charge >= 0.3 is 0 Å². The monoisotopic (exact) mass is 519 g/mol. The molecule has 1 aliphatic rings. The fourth-order valence-corrected chi connectivity index (χ4v) is 5.37. The van der Waals surface area contributed by atoms with Crippen LogP contribution in [0.3, 0.4) is 0 Å². The van der Waals surface area contributed by atoms with Crippen LogP contribution in [-0.4, -0.2) is 28.9 Å². The van der Waals surface area contributed by atoms with Gasteiger partial charge in [-0.15, -0.1) is 0 Å². The third kappa shape index (κ3) is 7.12. The van der Waals surface area contributed by atoms with E-state index in [1.165, 1.54) is 0 Å². The molecule has 3 N–H and O–H groups in total. The predicted octanol–water partition coefficient (Wildman–Crippen LogP) is 6.10. The van der Waals surface area contributed by atoms with E-state index in [4.69, 9.17) is 16.3 Å². The quantitative estimate of drug-likeness (QED) is 0.352. The zero-order chi connectivity index (χ0) is 26.6. The van der Waals surface area contributed by atoms with Gasteiger partial charge < -0.3 is 20.7 Å². The smallest absolute Gasteiger partial charge is 0.255 e. The summed E-state index contributed by atoms with van der Waals surface area (Å²) in [5.74, 6) is 0.323. The topological polar surface area (TPSA) is 79.5 Å². The molecule has 0 spiro atoms. The molecule has 3 aromatic rings. The van der Waals surface area contributed by atoms with E-state index in [1.807, 2.05) is 30.3 Å². The van der Waals surface area contributed by atoms with E-state index in [-0.39, 0.29) is 34.0 Å². The van der Waals surface area contributed by atoms with E-state index in [1.54, 1.807) is 42.5 Å². The Morgan fingerprint density at radius 3 is 2.22 bits per heavy atom. The minimum absolute atomic E-state index is 0.0507. The summed E-state index contributed by atoms with van der Waals surface area (Å²) in [6.07, 6.45) is 1.67. The highest BCUT2D eigenvalue weighted by molar-refractivity contribution is 6.32. The summed E-state index contributed by atoms with van der Waals surface area (Å²) in [4.78, 5) is 25.9. The van der Waals surface area contributed by atoms with Crippen molar-refractivity contribution in [1.82, 2.24) is 16.0 Å². The van der Waals surface area contributed by atoms with E-state index in [2.05, 4.69) is 43.6 Å². The zero-order valence-electron chi connectivity index (χ0n) is 21.7. The van der Waals surface area contributed by atoms with Crippen LogP contribution in [0.2, 0.25) is 5.02 Å². The van der Waals surface area contributed by atoms with Crippen LogP contribution >= 0.6 is 11.6 Å². The van der Waals surface area contributed by atoms with Gasteiger partial charge in [0.15, 0.2) is 0 Å². The number of benzene rings is 3. The minimum atomic E-state index is -0.251. The van der Waals surface area contributed by atoms with E-state index in [0.29, 0.717) is 29.2 Å². The Labute approximate surface area is 223 Å². The third-order valence-corrected chi connectivity index (χ3v) is 6.66. The molecule has 1 heterocycles. The SMILES string of the molecule is CC1(C)CC(NC(=O)c2ccc(Oc3ccccc3C(=O)NCc3ccccc3)c(Cl)c2)CC(C)(C)N1. The minimum Gasteiger partial charge on any atom is -0.455 e. The molecule has 0 saturated carbocycles. The maximum absolute atomic E-state index is 13.0. The molecule has 1 fully saturated rings. The van der Waals surface area contributed by atoms with Crippen LogP contribution in [0.15, 0.2) is 72.8 Å². The standard InChI is InChI=1S/C30H34ClN3O3/c1-29(2)17-22(18-30(3,4)34-29)33-27(35)21-14-15-26(24(31)16-21)37-25-13-9-8-12-23(25)28(36)32-19-20-10-6-5-7-11-20/h5-16,22,34H,17-19H2,1-4H3,(H,32,36)(H,33,35). The lowest BCUT2D eigenvalue weighted by Crippen LogP contribution is -2.62. The predicted molar refractivity (Wildman–Crippen MR) is 147 cm³/mol. The van der Waals surface area contributed by atoms with E-state index in [9.17, 15) is 9.59 Å². The Bertz CT molecular complexity index is 1260. The number of amides is 2. The van der Waals surface area contributed by atoms with Crippen molar-refractivity contribution in [3.05, 3.63) is 94.5 Å². The first-order valence-corrected chi connectivity index (χ1v) is 12.9. The number of nitrogens with one attached hydrogen (secondary N) is 3. The molecule has 0 unspecified atom stereocenters. The molecule has 0 bridgehead atoms. The number of para-hydroxylation sites is 1. The van der Waals surface area contributed by atoms with Crippen molar-refractivity contribution in [2.75, 3.05) is 0 Å². The van der Waals surface area contributed by atoms with Crippen molar-refractivity contribution in [3.63, 3.8) is 0 Å². The second kappa shape index (κ2) is 11.0. The maximum atomic E-state index is 13.0. The van der Waals surface area contributed by atoms with E-state index in [0.717, 1.165) is 18.4 Å². The van der Waals surface area contributed by atoms with Gasteiger partial charge in [-0.05, 0) is 76.4 Å². The van der Waals surface area contributed by atoms with E-state index >= 15 is 0 Å². The molecule has 2 amide bonds. The molecule has 7 heteroatoms. The van der Waals surface area contributed by atoms with Crippen LogP contribution in [0.4, 0.5) is 0 Å². The highest BCUT2D eigenvalue weighted by atomic mass is 35.5. The number of hydrogen-bond acceptors (Lipinski definition) is 4. The summed E-state index contributed by atoms with van der Waals surface area (Å²) < 4.78 is 6.02. The molecule has 0 aromatic heterocycles. The van der Waals surface area contributed by atoms with Gasteiger partial charge in [0, 0.05) is 29.2 Å². The normalized spacial score (nSPS) is 16.6. The summed E-state index contributed by atoms with van der Waals surface area (Å²) >= 11 is 6.51. The first-order valence-electron chi connectivity index (χ1n) is 12.5. The number of hydrogen-bond donors (Lipinski definition) is 3. The second-order valence-corrected chi connectivity index (χ2v) is 11.3. The molecular weight excluding hydrogens is 486 g/mol. The Morgan fingerprint density at radius 2 is 1.54 bits per heavy atom. The second-order valence-electron chi connectivity index (χ2n) is 10.9. The fourth-order valence-electron chi connectivity index (χ4n) is 5.15. The van der Waals surface area contributed by atoms with Crippen LogP contribution in [0, 0.1) is 0 Å².